The first-order chi connectivity index (χ1) is 20.3. The summed E-state index contributed by atoms with van der Waals surface area (Å²) in [5.41, 5.74) is 5.12. The van der Waals surface area contributed by atoms with Crippen molar-refractivity contribution < 1.29 is 52.4 Å². The van der Waals surface area contributed by atoms with Crippen LogP contribution in [0.2, 0.25) is 26.2 Å². The van der Waals surface area contributed by atoms with Crippen molar-refractivity contribution in [2.45, 2.75) is 81.6 Å². The molecule has 1 aromatic rings. The monoisotopic (exact) mass is 816 g/mol. The molecule has 0 amide bonds. The van der Waals surface area contributed by atoms with Crippen molar-refractivity contribution in [1.82, 2.24) is 0 Å². The average Bonchev–Trinajstić information content (AvgIpc) is 3.23. The first-order valence-electron chi connectivity index (χ1n) is 15.3. The second kappa shape index (κ2) is 26.6. The molecule has 0 atom stereocenters. The molecule has 0 N–H and O–H groups in total. The third-order valence-corrected chi connectivity index (χ3v) is 13.3. The van der Waals surface area contributed by atoms with Gasteiger partial charge in [-0.15, -0.1) is 11.4 Å². The maximum absolute atomic E-state index is 5.35. The van der Waals surface area contributed by atoms with Crippen LogP contribution < -0.4 is 0 Å². The molecule has 0 bridgehead atoms. The number of hydrogen-bond donors (Lipinski definition) is 0. The summed E-state index contributed by atoms with van der Waals surface area (Å²) in [6.45, 7) is 27.5. The van der Waals surface area contributed by atoms with Crippen LogP contribution in [0.5, 0.6) is 0 Å². The molecule has 0 aliphatic heterocycles. The molecular weight excluding hydrogens is 755 g/mol. The number of hydrogen-bond acceptors (Lipinski definition) is 0. The Hall–Kier alpha value is 0.860. The van der Waals surface area contributed by atoms with Crippen LogP contribution in [0.1, 0.15) is 55.4 Å². The normalized spacial score (nSPS) is 18.0. The van der Waals surface area contributed by atoms with Crippen LogP contribution in [0.25, 0.3) is 31.2 Å². The third kappa shape index (κ3) is 16.3. The molecule has 2 fully saturated rings. The fourth-order valence-corrected chi connectivity index (χ4v) is 11.9. The van der Waals surface area contributed by atoms with E-state index in [2.05, 4.69) is 127 Å². The Labute approximate surface area is 329 Å². The van der Waals surface area contributed by atoms with Crippen LogP contribution in [0, 0.1) is 58.4 Å². The van der Waals surface area contributed by atoms with Gasteiger partial charge in [0.1, 0.15) is 0 Å². The molecule has 46 heavy (non-hydrogen) atoms. The van der Waals surface area contributed by atoms with Crippen molar-refractivity contribution in [3.8, 4) is 0 Å². The largest absolute Gasteiger partial charge is 4.00 e. The summed E-state index contributed by atoms with van der Waals surface area (Å²) in [5.74, 6) is 11.4. The maximum Gasteiger partial charge on any atom is 4.00 e. The Morgan fingerprint density at radius 2 is 0.587 bits per heavy atom. The SMILES string of the molecule is C[C]1[C](C)[C](C)[C]([Si](C)(C)[N-]c2cccc([N-][Si](C)(C)[C]3[C](C)[C](C)[C](C)[C]3C)c2)[C]1C.C[N-]C.C[N-]C.C[N-]C.C[N-]C.[Zr+4].[Zr+4]. The molecule has 3 rings (SSSR count). The van der Waals surface area contributed by atoms with E-state index in [0.717, 1.165) is 11.4 Å². The predicted molar refractivity (Wildman–Crippen MR) is 206 cm³/mol. The minimum Gasteiger partial charge on any atom is -0.687 e. The van der Waals surface area contributed by atoms with Gasteiger partial charge in [0.15, 0.2) is 0 Å². The first kappa shape index (κ1) is 53.6. The average molecular weight is 820 g/mol. The fourth-order valence-electron chi connectivity index (χ4n) is 5.66. The summed E-state index contributed by atoms with van der Waals surface area (Å²) in [7, 11) is 10.0. The third-order valence-electron chi connectivity index (χ3n) is 7.75. The molecule has 0 spiro atoms. The van der Waals surface area contributed by atoms with Crippen LogP contribution in [0.15, 0.2) is 24.3 Å². The van der Waals surface area contributed by atoms with Crippen molar-refractivity contribution >= 4 is 27.8 Å². The van der Waals surface area contributed by atoms with Crippen molar-refractivity contribution in [2.24, 2.45) is 0 Å². The topological polar surface area (TPSA) is 84.6 Å². The minimum absolute atomic E-state index is 0. The number of rotatable bonds is 6. The Bertz CT molecular complexity index is 781. The van der Waals surface area contributed by atoms with Crippen molar-refractivity contribution in [3.05, 3.63) is 114 Å². The standard InChI is InChI=1S/C28H40N2Si2.4C2H6N.2Zr/c1-17-18(2)22(6)27(21(17)5)31(9,10)29-25-14-13-15-26(16-25)30-32(11,12)28-23(7)19(3)20(4)24(28)8;4*1-3-2;;/h13-16H,1-12H3;4*1-2H3;;/q-2;4*-1;2*+4. The van der Waals surface area contributed by atoms with Crippen LogP contribution in [-0.2, 0) is 52.4 Å². The predicted octanol–water partition coefficient (Wildman–Crippen LogP) is 11.6. The first-order valence-corrected chi connectivity index (χ1v) is 21.2. The van der Waals surface area contributed by atoms with E-state index in [1.807, 2.05) is 0 Å². The van der Waals surface area contributed by atoms with Crippen molar-refractivity contribution in [2.75, 3.05) is 56.4 Å². The van der Waals surface area contributed by atoms with E-state index in [4.69, 9.17) is 9.96 Å². The van der Waals surface area contributed by atoms with E-state index in [1.165, 1.54) is 58.4 Å². The molecule has 10 heteroatoms. The molecule has 252 valence electrons. The zero-order valence-corrected chi connectivity index (χ0v) is 39.9. The zero-order valence-electron chi connectivity index (χ0n) is 33.0. The van der Waals surface area contributed by atoms with Crippen LogP contribution >= 0.6 is 0 Å². The van der Waals surface area contributed by atoms with Gasteiger partial charge in [-0.2, -0.15) is 56.4 Å². The van der Waals surface area contributed by atoms with Crippen LogP contribution in [0.3, 0.4) is 0 Å². The minimum atomic E-state index is -1.99. The molecule has 10 radical (unpaired) electrons. The van der Waals surface area contributed by atoms with Gasteiger partial charge in [-0.25, -0.2) is 0 Å². The van der Waals surface area contributed by atoms with E-state index < -0.39 is 16.5 Å². The zero-order chi connectivity index (χ0) is 35.0. The van der Waals surface area contributed by atoms with Gasteiger partial charge >= 0.3 is 52.4 Å². The quantitative estimate of drug-likeness (QED) is 0.256. The van der Waals surface area contributed by atoms with Gasteiger partial charge in [-0.3, -0.25) is 0 Å². The molecule has 6 nitrogen and oxygen atoms in total. The van der Waals surface area contributed by atoms with Gasteiger partial charge in [0.2, 0.25) is 0 Å². The Balaban J connectivity index is -0.000000549. The fraction of sp³-hybridized carbons (Fsp3) is 0.556. The van der Waals surface area contributed by atoms with Crippen molar-refractivity contribution in [3.63, 3.8) is 0 Å². The van der Waals surface area contributed by atoms with Gasteiger partial charge in [0, 0.05) is 0 Å². The van der Waals surface area contributed by atoms with Gasteiger partial charge in [-0.1, -0.05) is 106 Å². The summed E-state index contributed by atoms with van der Waals surface area (Å²) in [6, 6.07) is 8.60. The molecule has 0 aromatic heterocycles. The van der Waals surface area contributed by atoms with Crippen LogP contribution in [0.4, 0.5) is 11.4 Å². The molecule has 1 aromatic carbocycles. The summed E-state index contributed by atoms with van der Waals surface area (Å²) in [5, 5.41) is 14.0. The van der Waals surface area contributed by atoms with E-state index in [1.54, 1.807) is 56.4 Å². The smallest absolute Gasteiger partial charge is 0.687 e. The van der Waals surface area contributed by atoms with E-state index in [0.29, 0.717) is 0 Å². The molecule has 2 aliphatic rings. The van der Waals surface area contributed by atoms with Crippen molar-refractivity contribution in [1.29, 1.82) is 0 Å². The summed E-state index contributed by atoms with van der Waals surface area (Å²) in [4.78, 5) is 10.7. The summed E-state index contributed by atoms with van der Waals surface area (Å²) >= 11 is 0. The van der Waals surface area contributed by atoms with E-state index >= 15 is 0 Å². The van der Waals surface area contributed by atoms with E-state index in [9.17, 15) is 0 Å². The summed E-state index contributed by atoms with van der Waals surface area (Å²) in [6.07, 6.45) is 0. The van der Waals surface area contributed by atoms with Crippen LogP contribution in [-0.4, -0.2) is 72.9 Å². The molecule has 2 aliphatic carbocycles. The molecule has 0 heterocycles. The second-order valence-electron chi connectivity index (χ2n) is 12.4. The number of benzene rings is 1. The van der Waals surface area contributed by atoms with Gasteiger partial charge < -0.3 is 31.2 Å². The Morgan fingerprint density at radius 3 is 0.783 bits per heavy atom. The van der Waals surface area contributed by atoms with Gasteiger partial charge in [0.25, 0.3) is 0 Å². The Kier molecular flexibility index (Phi) is 31.1. The van der Waals surface area contributed by atoms with Gasteiger partial charge in [-0.05, 0) is 74.9 Å². The maximum atomic E-state index is 5.35. The Morgan fingerprint density at radius 1 is 0.391 bits per heavy atom. The molecule has 0 unspecified atom stereocenters. The van der Waals surface area contributed by atoms with Gasteiger partial charge in [0.05, 0.1) is 0 Å². The second-order valence-corrected chi connectivity index (χ2v) is 20.1. The molecule has 2 saturated carbocycles. The number of nitrogens with zero attached hydrogens (tertiary/aromatic N) is 6. The molecular formula is C36H64N6Si2Zr2+2. The summed E-state index contributed by atoms with van der Waals surface area (Å²) < 4.78 is 0. The molecule has 0 saturated heterocycles. The van der Waals surface area contributed by atoms with E-state index in [-0.39, 0.29) is 52.4 Å².